The fraction of sp³-hybridized carbons (Fsp3) is 0.231. The number of hydrazone groups is 1. The highest BCUT2D eigenvalue weighted by Crippen LogP contribution is 2.29. The molecule has 33 heavy (non-hydrogen) atoms. The Kier molecular flexibility index (Phi) is 7.68. The number of benzene rings is 3. The fourth-order valence-electron chi connectivity index (χ4n) is 3.33. The third kappa shape index (κ3) is 6.19. The van der Waals surface area contributed by atoms with E-state index in [1.54, 1.807) is 7.11 Å². The zero-order valence-corrected chi connectivity index (χ0v) is 18.4. The lowest BCUT2D eigenvalue weighted by molar-refractivity contribution is -0.143. The van der Waals surface area contributed by atoms with Crippen LogP contribution in [-0.4, -0.2) is 37.1 Å². The van der Waals surface area contributed by atoms with Gasteiger partial charge in [0.1, 0.15) is 19.0 Å². The summed E-state index contributed by atoms with van der Waals surface area (Å²) in [4.78, 5) is 12.9. The highest BCUT2D eigenvalue weighted by Gasteiger charge is 2.34. The molecule has 1 amide bonds. The molecule has 4 rings (SSSR count). The van der Waals surface area contributed by atoms with E-state index < -0.39 is 6.23 Å². The van der Waals surface area contributed by atoms with Gasteiger partial charge in [0.15, 0.2) is 0 Å². The third-order valence-corrected chi connectivity index (χ3v) is 5.02. The average Bonchev–Trinajstić information content (AvgIpc) is 3.30. The van der Waals surface area contributed by atoms with Crippen molar-refractivity contribution in [1.82, 2.24) is 5.01 Å². The number of amides is 1. The molecule has 1 aliphatic rings. The van der Waals surface area contributed by atoms with E-state index in [0.717, 1.165) is 16.7 Å². The van der Waals surface area contributed by atoms with Crippen LogP contribution in [0.1, 0.15) is 22.9 Å². The van der Waals surface area contributed by atoms with Crippen LogP contribution < -0.4 is 4.74 Å². The molecule has 3 aromatic carbocycles. The van der Waals surface area contributed by atoms with E-state index in [4.69, 9.17) is 18.9 Å². The Morgan fingerprint density at radius 2 is 1.45 bits per heavy atom. The fourth-order valence-corrected chi connectivity index (χ4v) is 3.33. The van der Waals surface area contributed by atoms with E-state index in [1.807, 2.05) is 84.9 Å². The number of nitrogens with zero attached hydrogens (tertiary/aromatic N) is 2. The van der Waals surface area contributed by atoms with E-state index in [1.165, 1.54) is 5.01 Å². The molecule has 0 bridgehead atoms. The summed E-state index contributed by atoms with van der Waals surface area (Å²) in [5, 5.41) is 5.70. The molecule has 7 nitrogen and oxygen atoms in total. The molecule has 0 spiro atoms. The van der Waals surface area contributed by atoms with Crippen LogP contribution in [0.2, 0.25) is 0 Å². The van der Waals surface area contributed by atoms with Crippen molar-refractivity contribution >= 4 is 11.8 Å². The van der Waals surface area contributed by atoms with Crippen LogP contribution in [0.5, 0.6) is 5.75 Å². The summed E-state index contributed by atoms with van der Waals surface area (Å²) in [5.41, 5.74) is 2.81. The van der Waals surface area contributed by atoms with Gasteiger partial charge in [-0.2, -0.15) is 5.01 Å². The second kappa shape index (κ2) is 11.3. The second-order valence-corrected chi connectivity index (χ2v) is 7.43. The highest BCUT2D eigenvalue weighted by molar-refractivity contribution is 5.85. The van der Waals surface area contributed by atoms with E-state index in [9.17, 15) is 4.79 Å². The van der Waals surface area contributed by atoms with Crippen LogP contribution in [0.3, 0.4) is 0 Å². The van der Waals surface area contributed by atoms with Gasteiger partial charge in [0, 0.05) is 5.56 Å². The van der Waals surface area contributed by atoms with Gasteiger partial charge < -0.3 is 18.9 Å². The van der Waals surface area contributed by atoms with Crippen LogP contribution in [-0.2, 0) is 32.2 Å². The zero-order chi connectivity index (χ0) is 22.9. The Bertz CT molecular complexity index is 1060. The number of hydrogen-bond acceptors (Lipinski definition) is 6. The van der Waals surface area contributed by atoms with Crippen molar-refractivity contribution in [1.29, 1.82) is 0 Å². The van der Waals surface area contributed by atoms with Gasteiger partial charge in [-0.15, -0.1) is 5.10 Å². The number of rotatable bonds is 10. The number of hydrogen-bond donors (Lipinski definition) is 0. The predicted molar refractivity (Wildman–Crippen MR) is 123 cm³/mol. The molecule has 1 aliphatic heterocycles. The van der Waals surface area contributed by atoms with Gasteiger partial charge in [-0.3, -0.25) is 4.79 Å². The van der Waals surface area contributed by atoms with E-state index in [0.29, 0.717) is 24.9 Å². The largest absolute Gasteiger partial charge is 0.497 e. The molecule has 170 valence electrons. The summed E-state index contributed by atoms with van der Waals surface area (Å²) in [6.07, 6.45) is -0.695. The Hall–Kier alpha value is -3.68. The lowest BCUT2D eigenvalue weighted by Gasteiger charge is -2.21. The number of methoxy groups -OCH3 is 1. The minimum Gasteiger partial charge on any atom is -0.497 e. The van der Waals surface area contributed by atoms with Gasteiger partial charge in [-0.05, 0) is 35.4 Å². The topological polar surface area (TPSA) is 69.6 Å². The van der Waals surface area contributed by atoms with Crippen LogP contribution >= 0.6 is 0 Å². The first-order valence-corrected chi connectivity index (χ1v) is 10.7. The Morgan fingerprint density at radius 1 is 0.848 bits per heavy atom. The molecule has 1 heterocycles. The molecule has 0 N–H and O–H groups in total. The molecule has 0 aromatic heterocycles. The summed E-state index contributed by atoms with van der Waals surface area (Å²) in [6, 6.07) is 26.9. The van der Waals surface area contributed by atoms with Crippen molar-refractivity contribution < 1.29 is 23.7 Å². The van der Waals surface area contributed by atoms with E-state index in [2.05, 4.69) is 5.10 Å². The molecule has 0 radical (unpaired) electrons. The maximum atomic E-state index is 12.9. The molecule has 1 atom stereocenters. The molecule has 0 saturated heterocycles. The Balaban J connectivity index is 1.40. The molecule has 0 aliphatic carbocycles. The monoisotopic (exact) mass is 446 g/mol. The van der Waals surface area contributed by atoms with E-state index in [-0.39, 0.29) is 19.1 Å². The summed E-state index contributed by atoms with van der Waals surface area (Å²) < 4.78 is 22.6. The maximum Gasteiger partial charge on any atom is 0.272 e. The lowest BCUT2D eigenvalue weighted by Crippen LogP contribution is -2.31. The zero-order valence-electron chi connectivity index (χ0n) is 18.4. The van der Waals surface area contributed by atoms with Crippen molar-refractivity contribution in [3.05, 3.63) is 102 Å². The minimum absolute atomic E-state index is 0.118. The van der Waals surface area contributed by atoms with E-state index >= 15 is 0 Å². The molecule has 3 aromatic rings. The molecular formula is C26H26N2O5. The molecule has 1 unspecified atom stereocenters. The highest BCUT2D eigenvalue weighted by atomic mass is 16.6. The maximum absolute atomic E-state index is 12.9. The standard InChI is InChI=1S/C26H26N2O5/c1-30-23-14-12-22(13-15-23)26-28(25(29)19-32-17-21-10-6-3-7-11-21)27-24(33-26)18-31-16-20-8-4-2-5-9-20/h2-15,26H,16-19H2,1H3. The van der Waals surface area contributed by atoms with Crippen LogP contribution in [0.4, 0.5) is 0 Å². The number of carbonyl (C=O) groups excluding carboxylic acids is 1. The van der Waals surface area contributed by atoms with Gasteiger partial charge in [0.2, 0.25) is 12.1 Å². The van der Waals surface area contributed by atoms with Gasteiger partial charge in [-0.1, -0.05) is 60.7 Å². The third-order valence-electron chi connectivity index (χ3n) is 5.02. The van der Waals surface area contributed by atoms with Gasteiger partial charge in [0.05, 0.1) is 20.3 Å². The van der Waals surface area contributed by atoms with Gasteiger partial charge >= 0.3 is 0 Å². The van der Waals surface area contributed by atoms with Gasteiger partial charge in [0.25, 0.3) is 5.91 Å². The first-order valence-electron chi connectivity index (χ1n) is 10.7. The quantitative estimate of drug-likeness (QED) is 0.464. The SMILES string of the molecule is COc1ccc(C2OC(COCc3ccccc3)=NN2C(=O)COCc2ccccc2)cc1. The van der Waals surface area contributed by atoms with Crippen LogP contribution in [0, 0.1) is 0 Å². The summed E-state index contributed by atoms with van der Waals surface area (Å²) >= 11 is 0. The lowest BCUT2D eigenvalue weighted by atomic mass is 10.2. The van der Waals surface area contributed by atoms with Gasteiger partial charge in [-0.25, -0.2) is 0 Å². The summed E-state index contributed by atoms with van der Waals surface area (Å²) in [6.45, 7) is 0.790. The van der Waals surface area contributed by atoms with Crippen molar-refractivity contribution in [2.45, 2.75) is 19.4 Å². The first-order chi connectivity index (χ1) is 16.2. The average molecular weight is 447 g/mol. The summed E-state index contributed by atoms with van der Waals surface area (Å²) in [7, 11) is 1.60. The van der Waals surface area contributed by atoms with Crippen molar-refractivity contribution in [2.24, 2.45) is 5.10 Å². The second-order valence-electron chi connectivity index (χ2n) is 7.43. The Labute approximate surface area is 193 Å². The van der Waals surface area contributed by atoms with Crippen molar-refractivity contribution in [2.75, 3.05) is 20.3 Å². The first kappa shape index (κ1) is 22.5. The predicted octanol–water partition coefficient (Wildman–Crippen LogP) is 4.30. The number of ether oxygens (including phenoxy) is 4. The normalized spacial score (nSPS) is 15.1. The van der Waals surface area contributed by atoms with Crippen molar-refractivity contribution in [3.63, 3.8) is 0 Å². The minimum atomic E-state index is -0.695. The molecule has 0 saturated carbocycles. The summed E-state index contributed by atoms with van der Waals surface area (Å²) in [5.74, 6) is 0.751. The van der Waals surface area contributed by atoms with Crippen molar-refractivity contribution in [3.8, 4) is 5.75 Å². The number of carbonyl (C=O) groups is 1. The van der Waals surface area contributed by atoms with Crippen LogP contribution in [0.15, 0.2) is 90.0 Å². The Morgan fingerprint density at radius 3 is 2.06 bits per heavy atom. The molecule has 7 heteroatoms. The smallest absolute Gasteiger partial charge is 0.272 e. The molecular weight excluding hydrogens is 420 g/mol. The molecule has 0 fully saturated rings. The van der Waals surface area contributed by atoms with Crippen LogP contribution in [0.25, 0.3) is 0 Å².